The highest BCUT2D eigenvalue weighted by Gasteiger charge is 2.59. The summed E-state index contributed by atoms with van der Waals surface area (Å²) >= 11 is 0. The van der Waals surface area contributed by atoms with Crippen molar-refractivity contribution in [3.63, 3.8) is 0 Å². The molecule has 1 spiro atoms. The maximum atomic E-state index is 12.2. The number of nitrogens with one attached hydrogen (secondary N) is 1. The Labute approximate surface area is 90.0 Å². The van der Waals surface area contributed by atoms with E-state index in [1.54, 1.807) is 0 Å². The first-order valence-electron chi connectivity index (χ1n) is 5.89. The molecular formula is C11H18N2O2. The summed E-state index contributed by atoms with van der Waals surface area (Å²) in [7, 11) is 0. The lowest BCUT2D eigenvalue weighted by molar-refractivity contribution is -0.137. The van der Waals surface area contributed by atoms with Gasteiger partial charge in [-0.2, -0.15) is 0 Å². The lowest BCUT2D eigenvalue weighted by Gasteiger charge is -2.27. The molecule has 2 aliphatic heterocycles. The van der Waals surface area contributed by atoms with E-state index in [2.05, 4.69) is 5.32 Å². The molecule has 3 aliphatic rings. The topological polar surface area (TPSA) is 41.6 Å². The van der Waals surface area contributed by atoms with Crippen molar-refractivity contribution in [3.05, 3.63) is 0 Å². The first-order chi connectivity index (χ1) is 7.32. The average Bonchev–Trinajstić information content (AvgIpc) is 2.77. The molecule has 2 atom stereocenters. The van der Waals surface area contributed by atoms with Crippen molar-refractivity contribution in [2.75, 3.05) is 39.4 Å². The summed E-state index contributed by atoms with van der Waals surface area (Å²) in [6, 6.07) is 0. The molecule has 1 N–H and O–H groups in total. The molecule has 1 aliphatic carbocycles. The zero-order valence-corrected chi connectivity index (χ0v) is 9.00. The molecule has 0 unspecified atom stereocenters. The predicted octanol–water partition coefficient (Wildman–Crippen LogP) is -0.155. The summed E-state index contributed by atoms with van der Waals surface area (Å²) in [6.45, 7) is 5.14. The van der Waals surface area contributed by atoms with Crippen molar-refractivity contribution in [1.29, 1.82) is 0 Å². The maximum absolute atomic E-state index is 12.2. The van der Waals surface area contributed by atoms with Crippen LogP contribution in [-0.4, -0.2) is 50.2 Å². The minimum absolute atomic E-state index is 0.311. The number of ether oxygens (including phenoxy) is 1. The summed E-state index contributed by atoms with van der Waals surface area (Å²) in [6.07, 6.45) is 2.30. The molecule has 0 radical (unpaired) electrons. The van der Waals surface area contributed by atoms with Crippen LogP contribution >= 0.6 is 0 Å². The summed E-state index contributed by atoms with van der Waals surface area (Å²) in [4.78, 5) is 14.2. The van der Waals surface area contributed by atoms with E-state index < -0.39 is 0 Å². The van der Waals surface area contributed by atoms with E-state index in [1.165, 1.54) is 6.42 Å². The molecule has 4 heteroatoms. The predicted molar refractivity (Wildman–Crippen MR) is 55.4 cm³/mol. The second-order valence-corrected chi connectivity index (χ2v) is 4.98. The molecular weight excluding hydrogens is 192 g/mol. The van der Waals surface area contributed by atoms with Crippen LogP contribution in [0, 0.1) is 11.3 Å². The normalized spacial score (nSPS) is 39.7. The Morgan fingerprint density at radius 2 is 2.20 bits per heavy atom. The molecule has 4 nitrogen and oxygen atoms in total. The molecule has 0 aromatic heterocycles. The van der Waals surface area contributed by atoms with Gasteiger partial charge in [0.05, 0.1) is 13.2 Å². The van der Waals surface area contributed by atoms with Crippen LogP contribution in [0.5, 0.6) is 0 Å². The Morgan fingerprint density at radius 3 is 2.87 bits per heavy atom. The summed E-state index contributed by atoms with van der Waals surface area (Å²) in [5.41, 5.74) is 0.343. The van der Waals surface area contributed by atoms with Crippen LogP contribution in [0.25, 0.3) is 0 Å². The lowest BCUT2D eigenvalue weighted by Crippen LogP contribution is -2.42. The van der Waals surface area contributed by atoms with Gasteiger partial charge in [0, 0.05) is 25.6 Å². The van der Waals surface area contributed by atoms with Crippen LogP contribution in [0.15, 0.2) is 0 Å². The van der Waals surface area contributed by atoms with Gasteiger partial charge in [-0.1, -0.05) is 0 Å². The SMILES string of the molecule is O=C([C@@H]1C[C@]12CCNC2)N1CCOCC1. The van der Waals surface area contributed by atoms with Gasteiger partial charge in [-0.15, -0.1) is 0 Å². The highest BCUT2D eigenvalue weighted by Crippen LogP contribution is 2.57. The van der Waals surface area contributed by atoms with Gasteiger partial charge in [-0.3, -0.25) is 4.79 Å². The minimum atomic E-state index is 0.311. The van der Waals surface area contributed by atoms with Gasteiger partial charge in [0.1, 0.15) is 0 Å². The molecule has 2 heterocycles. The largest absolute Gasteiger partial charge is 0.378 e. The fourth-order valence-electron chi connectivity index (χ4n) is 2.94. The van der Waals surface area contributed by atoms with Crippen molar-refractivity contribution in [2.24, 2.45) is 11.3 Å². The third-order valence-electron chi connectivity index (χ3n) is 4.09. The Hall–Kier alpha value is -0.610. The maximum Gasteiger partial charge on any atom is 0.226 e. The summed E-state index contributed by atoms with van der Waals surface area (Å²) < 4.78 is 5.26. The van der Waals surface area contributed by atoms with Crippen LogP contribution in [0.3, 0.4) is 0 Å². The average molecular weight is 210 g/mol. The number of nitrogens with zero attached hydrogens (tertiary/aromatic N) is 1. The monoisotopic (exact) mass is 210 g/mol. The second kappa shape index (κ2) is 3.46. The van der Waals surface area contributed by atoms with Gasteiger partial charge in [0.15, 0.2) is 0 Å². The van der Waals surface area contributed by atoms with Crippen molar-refractivity contribution >= 4 is 5.91 Å². The molecule has 0 bridgehead atoms. The van der Waals surface area contributed by atoms with Crippen LogP contribution in [0.1, 0.15) is 12.8 Å². The van der Waals surface area contributed by atoms with Crippen LogP contribution in [0.2, 0.25) is 0 Å². The van der Waals surface area contributed by atoms with Crippen molar-refractivity contribution in [1.82, 2.24) is 10.2 Å². The molecule has 3 rings (SSSR count). The van der Waals surface area contributed by atoms with Gasteiger partial charge in [0.2, 0.25) is 5.91 Å². The molecule has 1 amide bonds. The van der Waals surface area contributed by atoms with Crippen molar-refractivity contribution in [3.8, 4) is 0 Å². The van der Waals surface area contributed by atoms with Gasteiger partial charge in [-0.05, 0) is 24.8 Å². The molecule has 15 heavy (non-hydrogen) atoms. The fraction of sp³-hybridized carbons (Fsp3) is 0.909. The number of amides is 1. The Morgan fingerprint density at radius 1 is 1.40 bits per heavy atom. The molecule has 3 fully saturated rings. The number of carbonyl (C=O) groups excluding carboxylic acids is 1. The molecule has 1 saturated carbocycles. The highest BCUT2D eigenvalue weighted by atomic mass is 16.5. The lowest BCUT2D eigenvalue weighted by atomic mass is 10.0. The van der Waals surface area contributed by atoms with Gasteiger partial charge < -0.3 is 15.0 Å². The number of hydrogen-bond donors (Lipinski definition) is 1. The zero-order valence-electron chi connectivity index (χ0n) is 9.00. The molecule has 0 aromatic rings. The van der Waals surface area contributed by atoms with Gasteiger partial charge >= 0.3 is 0 Å². The van der Waals surface area contributed by atoms with E-state index in [0.29, 0.717) is 30.5 Å². The van der Waals surface area contributed by atoms with E-state index in [1.807, 2.05) is 4.90 Å². The second-order valence-electron chi connectivity index (χ2n) is 4.98. The van der Waals surface area contributed by atoms with Crippen molar-refractivity contribution < 1.29 is 9.53 Å². The first-order valence-corrected chi connectivity index (χ1v) is 5.89. The van der Waals surface area contributed by atoms with E-state index >= 15 is 0 Å². The minimum Gasteiger partial charge on any atom is -0.378 e. The van der Waals surface area contributed by atoms with E-state index in [0.717, 1.165) is 32.6 Å². The quantitative estimate of drug-likeness (QED) is 0.654. The van der Waals surface area contributed by atoms with E-state index in [9.17, 15) is 4.79 Å². The fourth-order valence-corrected chi connectivity index (χ4v) is 2.94. The van der Waals surface area contributed by atoms with Crippen molar-refractivity contribution in [2.45, 2.75) is 12.8 Å². The standard InChI is InChI=1S/C11H18N2O2/c14-10(13-3-5-15-6-4-13)9-7-11(9)1-2-12-8-11/h9,12H,1-8H2/t9-,11-/m0/s1. The highest BCUT2D eigenvalue weighted by molar-refractivity contribution is 5.83. The van der Waals surface area contributed by atoms with E-state index in [-0.39, 0.29) is 0 Å². The number of rotatable bonds is 1. The third kappa shape index (κ3) is 1.56. The molecule has 0 aromatic carbocycles. The number of morpholine rings is 1. The third-order valence-corrected chi connectivity index (χ3v) is 4.09. The zero-order chi connectivity index (χ0) is 10.3. The number of hydrogen-bond acceptors (Lipinski definition) is 3. The Balaban J connectivity index is 1.61. The van der Waals surface area contributed by atoms with Crippen LogP contribution in [0.4, 0.5) is 0 Å². The molecule has 84 valence electrons. The van der Waals surface area contributed by atoms with Crippen LogP contribution in [-0.2, 0) is 9.53 Å². The van der Waals surface area contributed by atoms with Gasteiger partial charge in [0.25, 0.3) is 0 Å². The number of carbonyl (C=O) groups is 1. The van der Waals surface area contributed by atoms with Crippen LogP contribution < -0.4 is 5.32 Å². The first kappa shape index (κ1) is 9.60. The Kier molecular flexibility index (Phi) is 2.21. The summed E-state index contributed by atoms with van der Waals surface area (Å²) in [5, 5.41) is 3.37. The van der Waals surface area contributed by atoms with Gasteiger partial charge in [-0.25, -0.2) is 0 Å². The Bertz CT molecular complexity index is 268. The summed E-state index contributed by atoms with van der Waals surface area (Å²) in [5.74, 6) is 0.688. The smallest absolute Gasteiger partial charge is 0.226 e. The molecule has 2 saturated heterocycles. The van der Waals surface area contributed by atoms with E-state index in [4.69, 9.17) is 4.74 Å².